The number of nitrogens with one attached hydrogen (secondary N) is 1. The lowest BCUT2D eigenvalue weighted by Gasteiger charge is -2.35. The van der Waals surface area contributed by atoms with Crippen LogP contribution in [0.25, 0.3) is 10.8 Å². The van der Waals surface area contributed by atoms with E-state index in [0.717, 1.165) is 17.6 Å². The average Bonchev–Trinajstić information content (AvgIpc) is 2.47. The van der Waals surface area contributed by atoms with Gasteiger partial charge in [-0.3, -0.25) is 0 Å². The maximum Gasteiger partial charge on any atom is 0.0373 e. The van der Waals surface area contributed by atoms with Crippen LogP contribution in [0.5, 0.6) is 0 Å². The molecule has 1 heterocycles. The minimum absolute atomic E-state index is 0.634. The van der Waals surface area contributed by atoms with Crippen molar-refractivity contribution >= 4 is 32.4 Å². The van der Waals surface area contributed by atoms with Crippen molar-refractivity contribution in [1.29, 1.82) is 0 Å². The highest BCUT2D eigenvalue weighted by molar-refractivity contribution is 9.10. The zero-order chi connectivity index (χ0) is 13.9. The molecule has 2 nitrogen and oxygen atoms in total. The van der Waals surface area contributed by atoms with Crippen LogP contribution in [0.2, 0.25) is 0 Å². The smallest absolute Gasteiger partial charge is 0.0373 e. The molecular formula is C17H21BrN2. The van der Waals surface area contributed by atoms with Gasteiger partial charge in [-0.05, 0) is 54.4 Å². The standard InChI is InChI=1S/C17H21BrN2/c1-2-19-16-4-3-9-20(12-16)17-8-6-13-10-15(18)7-5-14(13)11-17/h5-8,10-11,16,19H,2-4,9,12H2,1H3. The van der Waals surface area contributed by atoms with Crippen LogP contribution in [-0.4, -0.2) is 25.7 Å². The van der Waals surface area contributed by atoms with E-state index in [1.54, 1.807) is 0 Å². The first-order chi connectivity index (χ1) is 9.76. The molecule has 20 heavy (non-hydrogen) atoms. The van der Waals surface area contributed by atoms with Crippen molar-refractivity contribution in [3.05, 3.63) is 40.9 Å². The van der Waals surface area contributed by atoms with Crippen molar-refractivity contribution in [1.82, 2.24) is 5.32 Å². The van der Waals surface area contributed by atoms with Gasteiger partial charge in [-0.2, -0.15) is 0 Å². The largest absolute Gasteiger partial charge is 0.370 e. The summed E-state index contributed by atoms with van der Waals surface area (Å²) in [7, 11) is 0. The van der Waals surface area contributed by atoms with Gasteiger partial charge in [-0.15, -0.1) is 0 Å². The number of nitrogens with zero attached hydrogens (tertiary/aromatic N) is 1. The number of halogens is 1. The second kappa shape index (κ2) is 6.15. The number of anilines is 1. The Balaban J connectivity index is 1.84. The summed E-state index contributed by atoms with van der Waals surface area (Å²) >= 11 is 3.53. The molecule has 1 aliphatic rings. The van der Waals surface area contributed by atoms with E-state index in [2.05, 4.69) is 69.5 Å². The third-order valence-electron chi connectivity index (χ3n) is 4.07. The molecule has 1 aliphatic heterocycles. The average molecular weight is 333 g/mol. The lowest BCUT2D eigenvalue weighted by atomic mass is 10.0. The van der Waals surface area contributed by atoms with E-state index in [9.17, 15) is 0 Å². The molecule has 1 saturated heterocycles. The fraction of sp³-hybridized carbons (Fsp3) is 0.412. The Morgan fingerprint density at radius 3 is 2.85 bits per heavy atom. The number of hydrogen-bond donors (Lipinski definition) is 1. The van der Waals surface area contributed by atoms with Gasteiger partial charge in [0, 0.05) is 29.3 Å². The Bertz CT molecular complexity index is 595. The van der Waals surface area contributed by atoms with Crippen LogP contribution in [0.15, 0.2) is 40.9 Å². The summed E-state index contributed by atoms with van der Waals surface area (Å²) in [5, 5.41) is 6.19. The van der Waals surface area contributed by atoms with E-state index in [4.69, 9.17) is 0 Å². The van der Waals surface area contributed by atoms with E-state index >= 15 is 0 Å². The number of likely N-dealkylation sites (N-methyl/N-ethyl adjacent to an activating group) is 1. The Morgan fingerprint density at radius 2 is 2.00 bits per heavy atom. The molecule has 0 amide bonds. The van der Waals surface area contributed by atoms with Gasteiger partial charge in [0.15, 0.2) is 0 Å². The van der Waals surface area contributed by atoms with Crippen molar-refractivity contribution in [3.63, 3.8) is 0 Å². The molecule has 0 aromatic heterocycles. The normalized spacial score (nSPS) is 19.5. The number of piperidine rings is 1. The SMILES string of the molecule is CCNC1CCCN(c2ccc3cc(Br)ccc3c2)C1. The molecule has 3 rings (SSSR count). The highest BCUT2D eigenvalue weighted by Gasteiger charge is 2.19. The third-order valence-corrected chi connectivity index (χ3v) is 4.56. The lowest BCUT2D eigenvalue weighted by Crippen LogP contribution is -2.45. The molecule has 0 saturated carbocycles. The molecular weight excluding hydrogens is 312 g/mol. The fourth-order valence-electron chi connectivity index (χ4n) is 3.07. The molecule has 106 valence electrons. The summed E-state index contributed by atoms with van der Waals surface area (Å²) in [6.45, 7) is 5.54. The van der Waals surface area contributed by atoms with Gasteiger partial charge >= 0.3 is 0 Å². The maximum absolute atomic E-state index is 3.58. The minimum Gasteiger partial charge on any atom is -0.370 e. The molecule has 1 atom stereocenters. The number of hydrogen-bond acceptors (Lipinski definition) is 2. The molecule has 2 aromatic rings. The molecule has 0 aliphatic carbocycles. The van der Waals surface area contributed by atoms with E-state index in [0.29, 0.717) is 6.04 Å². The number of benzene rings is 2. The van der Waals surface area contributed by atoms with Crippen molar-refractivity contribution in [2.45, 2.75) is 25.8 Å². The fourth-order valence-corrected chi connectivity index (χ4v) is 3.45. The summed E-state index contributed by atoms with van der Waals surface area (Å²) in [5.74, 6) is 0. The van der Waals surface area contributed by atoms with Crippen molar-refractivity contribution < 1.29 is 0 Å². The highest BCUT2D eigenvalue weighted by Crippen LogP contribution is 2.26. The molecule has 3 heteroatoms. The molecule has 0 spiro atoms. The predicted octanol–water partition coefficient (Wildman–Crippen LogP) is 4.18. The predicted molar refractivity (Wildman–Crippen MR) is 90.6 cm³/mol. The maximum atomic E-state index is 3.58. The number of rotatable bonds is 3. The Labute approximate surface area is 129 Å². The van der Waals surface area contributed by atoms with Gasteiger partial charge < -0.3 is 10.2 Å². The Hall–Kier alpha value is -1.06. The second-order valence-corrected chi connectivity index (χ2v) is 6.43. The second-order valence-electron chi connectivity index (χ2n) is 5.52. The van der Waals surface area contributed by atoms with E-state index < -0.39 is 0 Å². The van der Waals surface area contributed by atoms with E-state index in [1.165, 1.54) is 35.8 Å². The molecule has 2 aromatic carbocycles. The van der Waals surface area contributed by atoms with Gasteiger partial charge in [0.1, 0.15) is 0 Å². The highest BCUT2D eigenvalue weighted by atomic mass is 79.9. The van der Waals surface area contributed by atoms with Gasteiger partial charge in [0.2, 0.25) is 0 Å². The van der Waals surface area contributed by atoms with Gasteiger partial charge in [-0.1, -0.05) is 35.0 Å². The van der Waals surface area contributed by atoms with Crippen LogP contribution in [0, 0.1) is 0 Å². The third kappa shape index (κ3) is 2.99. The van der Waals surface area contributed by atoms with Crippen LogP contribution in [0.1, 0.15) is 19.8 Å². The van der Waals surface area contributed by atoms with Gasteiger partial charge in [-0.25, -0.2) is 0 Å². The zero-order valence-electron chi connectivity index (χ0n) is 11.9. The first-order valence-corrected chi connectivity index (χ1v) is 8.23. The summed E-state index contributed by atoms with van der Waals surface area (Å²) in [6.07, 6.45) is 2.57. The Kier molecular flexibility index (Phi) is 4.27. The van der Waals surface area contributed by atoms with Crippen LogP contribution in [-0.2, 0) is 0 Å². The monoisotopic (exact) mass is 332 g/mol. The summed E-state index contributed by atoms with van der Waals surface area (Å²) in [5.41, 5.74) is 1.35. The molecule has 1 unspecified atom stereocenters. The molecule has 0 radical (unpaired) electrons. The molecule has 0 bridgehead atoms. The Morgan fingerprint density at radius 1 is 1.20 bits per heavy atom. The van der Waals surface area contributed by atoms with Crippen LogP contribution >= 0.6 is 15.9 Å². The van der Waals surface area contributed by atoms with Crippen molar-refractivity contribution in [2.75, 3.05) is 24.5 Å². The first kappa shape index (κ1) is 13.9. The van der Waals surface area contributed by atoms with Gasteiger partial charge in [0.25, 0.3) is 0 Å². The van der Waals surface area contributed by atoms with Crippen molar-refractivity contribution in [2.24, 2.45) is 0 Å². The van der Waals surface area contributed by atoms with E-state index in [-0.39, 0.29) is 0 Å². The quantitative estimate of drug-likeness (QED) is 0.906. The van der Waals surface area contributed by atoms with Crippen LogP contribution < -0.4 is 10.2 Å². The van der Waals surface area contributed by atoms with Gasteiger partial charge in [0.05, 0.1) is 0 Å². The summed E-state index contributed by atoms with van der Waals surface area (Å²) in [4.78, 5) is 2.51. The lowest BCUT2D eigenvalue weighted by molar-refractivity contribution is 0.431. The zero-order valence-corrected chi connectivity index (χ0v) is 13.5. The van der Waals surface area contributed by atoms with Crippen molar-refractivity contribution in [3.8, 4) is 0 Å². The minimum atomic E-state index is 0.634. The first-order valence-electron chi connectivity index (χ1n) is 7.44. The molecule has 1 N–H and O–H groups in total. The summed E-state index contributed by atoms with van der Waals surface area (Å²) in [6, 6.07) is 13.9. The van der Waals surface area contributed by atoms with E-state index in [1.807, 2.05) is 0 Å². The van der Waals surface area contributed by atoms with Crippen LogP contribution in [0.4, 0.5) is 5.69 Å². The van der Waals surface area contributed by atoms with Crippen LogP contribution in [0.3, 0.4) is 0 Å². The summed E-state index contributed by atoms with van der Waals surface area (Å²) < 4.78 is 1.14. The molecule has 1 fully saturated rings. The topological polar surface area (TPSA) is 15.3 Å². The number of fused-ring (bicyclic) bond motifs is 1.